The third kappa shape index (κ3) is 4.38. The van der Waals surface area contributed by atoms with E-state index in [2.05, 4.69) is 22.4 Å². The molecule has 0 spiro atoms. The van der Waals surface area contributed by atoms with Crippen LogP contribution in [0.2, 0.25) is 5.02 Å². The maximum atomic E-state index is 13.4. The van der Waals surface area contributed by atoms with E-state index >= 15 is 0 Å². The molecule has 1 aromatic carbocycles. The molecule has 0 N–H and O–H groups in total. The van der Waals surface area contributed by atoms with E-state index in [1.807, 2.05) is 0 Å². The van der Waals surface area contributed by atoms with Crippen LogP contribution in [-0.2, 0) is 4.74 Å². The highest BCUT2D eigenvalue weighted by Gasteiger charge is 2.14. The molecule has 0 bridgehead atoms. The number of benzene rings is 1. The van der Waals surface area contributed by atoms with Gasteiger partial charge in [0.25, 0.3) is 0 Å². The Morgan fingerprint density at radius 1 is 1.61 bits per heavy atom. The van der Waals surface area contributed by atoms with E-state index in [1.165, 1.54) is 6.07 Å². The van der Waals surface area contributed by atoms with Crippen molar-refractivity contribution in [3.63, 3.8) is 0 Å². The summed E-state index contributed by atoms with van der Waals surface area (Å²) in [6, 6.07) is 2.39. The summed E-state index contributed by atoms with van der Waals surface area (Å²) in [7, 11) is 0. The van der Waals surface area contributed by atoms with Crippen LogP contribution in [0, 0.1) is 5.82 Å². The average Bonchev–Trinajstić information content (AvgIpc) is 2.24. The molecule has 0 saturated heterocycles. The summed E-state index contributed by atoms with van der Waals surface area (Å²) in [4.78, 5) is 15.3. The molecule has 96 valence electrons. The molecular weight excluding hydrogens is 297 g/mol. The summed E-state index contributed by atoms with van der Waals surface area (Å²) < 4.78 is 18.3. The minimum absolute atomic E-state index is 0.0192. The highest BCUT2D eigenvalue weighted by molar-refractivity contribution is 8.13. The SMILES string of the molecule is CC(C)OC(=O)Sc1cc(N=C=S)c(F)cc1Cl. The van der Waals surface area contributed by atoms with E-state index < -0.39 is 11.1 Å². The number of ether oxygens (including phenoxy) is 1. The molecule has 0 unspecified atom stereocenters. The van der Waals surface area contributed by atoms with E-state index in [9.17, 15) is 9.18 Å². The van der Waals surface area contributed by atoms with Gasteiger partial charge in [-0.25, -0.2) is 9.18 Å². The average molecular weight is 306 g/mol. The highest BCUT2D eigenvalue weighted by Crippen LogP contribution is 2.34. The number of carbonyl (C=O) groups is 1. The molecule has 3 nitrogen and oxygen atoms in total. The molecule has 0 aliphatic rings. The fraction of sp³-hybridized carbons (Fsp3) is 0.273. The summed E-state index contributed by atoms with van der Waals surface area (Å²) in [5.74, 6) is -0.626. The zero-order valence-electron chi connectivity index (χ0n) is 9.57. The van der Waals surface area contributed by atoms with Gasteiger partial charge in [0.05, 0.1) is 16.3 Å². The number of aliphatic imine (C=N–C) groups is 1. The van der Waals surface area contributed by atoms with Gasteiger partial charge in [-0.15, -0.1) is 0 Å². The largest absolute Gasteiger partial charge is 0.455 e. The maximum Gasteiger partial charge on any atom is 0.372 e. The minimum atomic E-state index is -0.626. The van der Waals surface area contributed by atoms with Crippen molar-refractivity contribution in [2.75, 3.05) is 0 Å². The van der Waals surface area contributed by atoms with Gasteiger partial charge in [-0.05, 0) is 50.0 Å². The zero-order valence-corrected chi connectivity index (χ0v) is 12.0. The van der Waals surface area contributed by atoms with Crippen molar-refractivity contribution in [1.82, 2.24) is 0 Å². The second-order valence-corrected chi connectivity index (χ2v) is 5.02. The molecule has 1 rings (SSSR count). The molecule has 0 aliphatic heterocycles. The molecule has 7 heteroatoms. The van der Waals surface area contributed by atoms with Gasteiger partial charge in [0.2, 0.25) is 0 Å². The van der Waals surface area contributed by atoms with Crippen molar-refractivity contribution >= 4 is 51.7 Å². The lowest BCUT2D eigenvalue weighted by Gasteiger charge is -2.08. The number of thiocarbonyl (C=S) groups is 1. The van der Waals surface area contributed by atoms with Crippen LogP contribution in [-0.4, -0.2) is 16.6 Å². The van der Waals surface area contributed by atoms with Gasteiger partial charge in [-0.2, -0.15) is 4.99 Å². The highest BCUT2D eigenvalue weighted by atomic mass is 35.5. The van der Waals surface area contributed by atoms with Gasteiger partial charge in [0.1, 0.15) is 5.69 Å². The Kier molecular flexibility index (Phi) is 5.75. The summed E-state index contributed by atoms with van der Waals surface area (Å²) in [6.45, 7) is 3.46. The normalized spacial score (nSPS) is 10.1. The minimum Gasteiger partial charge on any atom is -0.455 e. The number of hydrogen-bond acceptors (Lipinski definition) is 5. The predicted molar refractivity (Wildman–Crippen MR) is 73.6 cm³/mol. The fourth-order valence-electron chi connectivity index (χ4n) is 1.04. The third-order valence-corrected chi connectivity index (χ3v) is 3.03. The number of nitrogens with zero attached hydrogens (tertiary/aromatic N) is 1. The Morgan fingerprint density at radius 2 is 2.28 bits per heavy atom. The van der Waals surface area contributed by atoms with E-state index in [0.717, 1.165) is 17.8 Å². The van der Waals surface area contributed by atoms with Gasteiger partial charge >= 0.3 is 5.30 Å². The second kappa shape index (κ2) is 6.85. The summed E-state index contributed by atoms with van der Waals surface area (Å²) in [5.41, 5.74) is -0.0192. The van der Waals surface area contributed by atoms with Gasteiger partial charge in [-0.3, -0.25) is 0 Å². The molecule has 0 radical (unpaired) electrons. The van der Waals surface area contributed by atoms with Crippen LogP contribution < -0.4 is 0 Å². The summed E-state index contributed by atoms with van der Waals surface area (Å²) in [5, 5.41) is 1.65. The van der Waals surface area contributed by atoms with E-state index in [1.54, 1.807) is 13.8 Å². The monoisotopic (exact) mass is 305 g/mol. The van der Waals surface area contributed by atoms with Crippen molar-refractivity contribution < 1.29 is 13.9 Å². The van der Waals surface area contributed by atoms with Crippen molar-refractivity contribution in [3.8, 4) is 0 Å². The topological polar surface area (TPSA) is 38.7 Å². The number of isothiocyanates is 1. The first kappa shape index (κ1) is 15.1. The molecule has 0 fully saturated rings. The van der Waals surface area contributed by atoms with Crippen LogP contribution in [0.4, 0.5) is 14.9 Å². The van der Waals surface area contributed by atoms with Crippen LogP contribution in [0.1, 0.15) is 13.8 Å². The number of rotatable bonds is 3. The van der Waals surface area contributed by atoms with Gasteiger partial charge in [-0.1, -0.05) is 11.6 Å². The van der Waals surface area contributed by atoms with Crippen LogP contribution in [0.25, 0.3) is 0 Å². The molecule has 1 aromatic rings. The molecule has 0 heterocycles. The fourth-order valence-corrected chi connectivity index (χ4v) is 2.15. The first-order chi connectivity index (χ1) is 8.43. The van der Waals surface area contributed by atoms with Gasteiger partial charge < -0.3 is 4.74 Å². The number of carbonyl (C=O) groups excluding carboxylic acids is 1. The predicted octanol–water partition coefficient (Wildman–Crippen LogP) is 4.85. The lowest BCUT2D eigenvalue weighted by Crippen LogP contribution is -2.06. The number of halogens is 2. The van der Waals surface area contributed by atoms with Crippen molar-refractivity contribution in [2.24, 2.45) is 4.99 Å². The van der Waals surface area contributed by atoms with Gasteiger partial charge in [0.15, 0.2) is 5.82 Å². The van der Waals surface area contributed by atoms with E-state index in [-0.39, 0.29) is 16.8 Å². The Balaban J connectivity index is 2.98. The van der Waals surface area contributed by atoms with Crippen LogP contribution in [0.5, 0.6) is 0 Å². The maximum absolute atomic E-state index is 13.4. The van der Waals surface area contributed by atoms with Crippen LogP contribution in [0.15, 0.2) is 22.0 Å². The first-order valence-corrected chi connectivity index (χ1v) is 6.49. The first-order valence-electron chi connectivity index (χ1n) is 4.89. The Hall–Kier alpha value is -0.940. The van der Waals surface area contributed by atoms with Crippen molar-refractivity contribution in [2.45, 2.75) is 24.8 Å². The molecule has 0 saturated carbocycles. The lowest BCUT2D eigenvalue weighted by molar-refractivity contribution is 0.143. The van der Waals surface area contributed by atoms with E-state index in [4.69, 9.17) is 16.3 Å². The Labute approximate surface area is 118 Å². The molecule has 18 heavy (non-hydrogen) atoms. The quantitative estimate of drug-likeness (QED) is 0.346. The van der Waals surface area contributed by atoms with Crippen molar-refractivity contribution in [3.05, 3.63) is 23.0 Å². The summed E-state index contributed by atoms with van der Waals surface area (Å²) >= 11 is 11.0. The molecule has 0 aliphatic carbocycles. The molecular formula is C11H9ClFNO2S2. The lowest BCUT2D eigenvalue weighted by atomic mass is 10.3. The zero-order chi connectivity index (χ0) is 13.7. The molecule has 0 amide bonds. The van der Waals surface area contributed by atoms with Crippen LogP contribution >= 0.6 is 35.6 Å². The number of thioether (sulfide) groups is 1. The smallest absolute Gasteiger partial charge is 0.372 e. The summed E-state index contributed by atoms with van der Waals surface area (Å²) in [6.07, 6.45) is -0.234. The van der Waals surface area contributed by atoms with Gasteiger partial charge in [0, 0.05) is 4.90 Å². The van der Waals surface area contributed by atoms with Crippen LogP contribution in [0.3, 0.4) is 0 Å². The second-order valence-electron chi connectivity index (χ2n) is 3.46. The Bertz CT molecular complexity index is 516. The standard InChI is InChI=1S/C11H9ClFNO2S2/c1-6(2)16-11(15)18-10-4-9(14-5-17)8(13)3-7(10)12/h3-4,6H,1-2H3. The molecule has 0 aromatic heterocycles. The Morgan fingerprint density at radius 3 is 2.83 bits per heavy atom. The van der Waals surface area contributed by atoms with E-state index in [0.29, 0.717) is 4.90 Å². The number of hydrogen-bond donors (Lipinski definition) is 0. The third-order valence-electron chi connectivity index (χ3n) is 1.69. The molecule has 0 atom stereocenters. The van der Waals surface area contributed by atoms with Crippen molar-refractivity contribution in [1.29, 1.82) is 0 Å².